The van der Waals surface area contributed by atoms with Crippen LogP contribution in [0.3, 0.4) is 0 Å². The molecule has 1 aliphatic heterocycles. The zero-order chi connectivity index (χ0) is 17.6. The van der Waals surface area contributed by atoms with Crippen LogP contribution in [0.1, 0.15) is 11.1 Å². The highest BCUT2D eigenvalue weighted by Crippen LogP contribution is 2.25. The van der Waals surface area contributed by atoms with Gasteiger partial charge in [-0.3, -0.25) is 9.80 Å². The van der Waals surface area contributed by atoms with Crippen LogP contribution < -0.4 is 9.47 Å². The molecule has 0 spiro atoms. The first-order chi connectivity index (χ1) is 12.2. The molecule has 0 aliphatic carbocycles. The molecule has 134 valence electrons. The first-order valence-electron chi connectivity index (χ1n) is 8.58. The molecule has 1 heterocycles. The van der Waals surface area contributed by atoms with Gasteiger partial charge in [-0.1, -0.05) is 23.7 Å². The Morgan fingerprint density at radius 2 is 1.60 bits per heavy atom. The summed E-state index contributed by atoms with van der Waals surface area (Å²) in [7, 11) is 3.41. The third-order valence-electron chi connectivity index (χ3n) is 4.64. The Morgan fingerprint density at radius 3 is 2.24 bits per heavy atom. The molecule has 1 aliphatic rings. The van der Waals surface area contributed by atoms with Crippen molar-refractivity contribution in [1.82, 2.24) is 9.80 Å². The summed E-state index contributed by atoms with van der Waals surface area (Å²) in [6, 6.07) is 14.1. The summed E-state index contributed by atoms with van der Waals surface area (Å²) in [5, 5.41) is 0.807. The van der Waals surface area contributed by atoms with Crippen molar-refractivity contribution >= 4 is 11.6 Å². The zero-order valence-electron chi connectivity index (χ0n) is 14.9. The van der Waals surface area contributed by atoms with E-state index in [9.17, 15) is 0 Å². The smallest absolute Gasteiger partial charge is 0.123 e. The third kappa shape index (κ3) is 4.88. The van der Waals surface area contributed by atoms with Crippen LogP contribution in [0.2, 0.25) is 5.02 Å². The van der Waals surface area contributed by atoms with Gasteiger partial charge in [0.05, 0.1) is 14.2 Å². The van der Waals surface area contributed by atoms with Gasteiger partial charge in [0.15, 0.2) is 0 Å². The van der Waals surface area contributed by atoms with Crippen molar-refractivity contribution in [2.75, 3.05) is 40.4 Å². The zero-order valence-corrected chi connectivity index (χ0v) is 15.6. The molecule has 25 heavy (non-hydrogen) atoms. The number of halogens is 1. The average molecular weight is 361 g/mol. The number of hydrogen-bond acceptors (Lipinski definition) is 4. The molecule has 3 rings (SSSR count). The van der Waals surface area contributed by atoms with Crippen molar-refractivity contribution in [2.24, 2.45) is 0 Å². The summed E-state index contributed by atoms with van der Waals surface area (Å²) >= 11 is 6.08. The van der Waals surface area contributed by atoms with Crippen LogP contribution in [0.15, 0.2) is 42.5 Å². The molecule has 0 atom stereocenters. The monoisotopic (exact) mass is 360 g/mol. The molecular formula is C20H25ClN2O2. The Kier molecular flexibility index (Phi) is 6.19. The fraction of sp³-hybridized carbons (Fsp3) is 0.400. The van der Waals surface area contributed by atoms with Crippen LogP contribution in [-0.4, -0.2) is 50.2 Å². The molecule has 1 saturated heterocycles. The second-order valence-electron chi connectivity index (χ2n) is 6.36. The number of benzene rings is 2. The van der Waals surface area contributed by atoms with E-state index in [1.807, 2.05) is 24.3 Å². The van der Waals surface area contributed by atoms with E-state index in [0.29, 0.717) is 0 Å². The van der Waals surface area contributed by atoms with Crippen LogP contribution in [0, 0.1) is 0 Å². The topological polar surface area (TPSA) is 24.9 Å². The van der Waals surface area contributed by atoms with E-state index in [-0.39, 0.29) is 0 Å². The predicted molar refractivity (Wildman–Crippen MR) is 102 cm³/mol. The second-order valence-corrected chi connectivity index (χ2v) is 6.80. The minimum absolute atomic E-state index is 0.807. The summed E-state index contributed by atoms with van der Waals surface area (Å²) in [5.41, 5.74) is 2.44. The average Bonchev–Trinajstić information content (AvgIpc) is 2.63. The van der Waals surface area contributed by atoms with Gasteiger partial charge in [-0.25, -0.2) is 0 Å². The van der Waals surface area contributed by atoms with Gasteiger partial charge in [-0.15, -0.1) is 0 Å². The van der Waals surface area contributed by atoms with Gasteiger partial charge in [0.25, 0.3) is 0 Å². The first-order valence-corrected chi connectivity index (χ1v) is 8.96. The van der Waals surface area contributed by atoms with Crippen molar-refractivity contribution in [1.29, 1.82) is 0 Å². The van der Waals surface area contributed by atoms with Gasteiger partial charge in [-0.05, 0) is 35.9 Å². The molecule has 5 heteroatoms. The van der Waals surface area contributed by atoms with E-state index >= 15 is 0 Å². The van der Waals surface area contributed by atoms with Gasteiger partial charge < -0.3 is 9.47 Å². The maximum Gasteiger partial charge on any atom is 0.123 e. The van der Waals surface area contributed by atoms with E-state index in [2.05, 4.69) is 28.0 Å². The number of ether oxygens (including phenoxy) is 2. The first kappa shape index (κ1) is 18.1. The van der Waals surface area contributed by atoms with E-state index in [4.69, 9.17) is 21.1 Å². The van der Waals surface area contributed by atoms with Crippen molar-refractivity contribution in [3.63, 3.8) is 0 Å². The van der Waals surface area contributed by atoms with E-state index < -0.39 is 0 Å². The second kappa shape index (κ2) is 8.56. The Hall–Kier alpha value is -1.75. The lowest BCUT2D eigenvalue weighted by Crippen LogP contribution is -2.45. The van der Waals surface area contributed by atoms with Gasteiger partial charge in [-0.2, -0.15) is 0 Å². The maximum absolute atomic E-state index is 6.08. The van der Waals surface area contributed by atoms with Crippen LogP contribution in [0.4, 0.5) is 0 Å². The SMILES string of the molecule is COc1ccc(OC)c(CN2CCN(Cc3cccc(Cl)c3)CC2)c1. The fourth-order valence-electron chi connectivity index (χ4n) is 3.25. The van der Waals surface area contributed by atoms with Gasteiger partial charge >= 0.3 is 0 Å². The third-order valence-corrected chi connectivity index (χ3v) is 4.88. The Morgan fingerprint density at radius 1 is 0.880 bits per heavy atom. The molecule has 0 N–H and O–H groups in total. The molecule has 2 aromatic carbocycles. The molecule has 0 amide bonds. The number of piperazine rings is 1. The number of hydrogen-bond donors (Lipinski definition) is 0. The molecular weight excluding hydrogens is 336 g/mol. The minimum atomic E-state index is 0.807. The van der Waals surface area contributed by atoms with Crippen LogP contribution in [0.5, 0.6) is 11.5 Å². The molecule has 1 fully saturated rings. The van der Waals surface area contributed by atoms with Gasteiger partial charge in [0.2, 0.25) is 0 Å². The predicted octanol–water partition coefficient (Wildman–Crippen LogP) is 3.68. The normalized spacial score (nSPS) is 16.0. The summed E-state index contributed by atoms with van der Waals surface area (Å²) in [6.45, 7) is 6.03. The van der Waals surface area contributed by atoms with Crippen LogP contribution in [-0.2, 0) is 13.1 Å². The molecule has 0 aromatic heterocycles. The van der Waals surface area contributed by atoms with Crippen molar-refractivity contribution in [3.05, 3.63) is 58.6 Å². The standard InChI is InChI=1S/C20H25ClN2O2/c1-24-19-6-7-20(25-2)17(13-19)15-23-10-8-22(9-11-23)14-16-4-3-5-18(21)12-16/h3-7,12-13H,8-11,14-15H2,1-2H3. The summed E-state index contributed by atoms with van der Waals surface area (Å²) in [4.78, 5) is 4.94. The minimum Gasteiger partial charge on any atom is -0.497 e. The van der Waals surface area contributed by atoms with Crippen molar-refractivity contribution in [3.8, 4) is 11.5 Å². The van der Waals surface area contributed by atoms with Gasteiger partial charge in [0.1, 0.15) is 11.5 Å². The van der Waals surface area contributed by atoms with Crippen LogP contribution in [0.25, 0.3) is 0 Å². The molecule has 0 saturated carbocycles. The van der Waals surface area contributed by atoms with Crippen molar-refractivity contribution < 1.29 is 9.47 Å². The highest BCUT2D eigenvalue weighted by molar-refractivity contribution is 6.30. The lowest BCUT2D eigenvalue weighted by atomic mass is 10.1. The number of methoxy groups -OCH3 is 2. The largest absolute Gasteiger partial charge is 0.497 e. The molecule has 4 nitrogen and oxygen atoms in total. The number of nitrogens with zero attached hydrogens (tertiary/aromatic N) is 2. The molecule has 0 radical (unpaired) electrons. The maximum atomic E-state index is 6.08. The van der Waals surface area contributed by atoms with E-state index in [0.717, 1.165) is 55.8 Å². The van der Waals surface area contributed by atoms with Crippen LogP contribution >= 0.6 is 11.6 Å². The lowest BCUT2D eigenvalue weighted by molar-refractivity contribution is 0.121. The summed E-state index contributed by atoms with van der Waals surface area (Å²) in [5.74, 6) is 1.79. The summed E-state index contributed by atoms with van der Waals surface area (Å²) < 4.78 is 10.8. The highest BCUT2D eigenvalue weighted by atomic mass is 35.5. The fourth-order valence-corrected chi connectivity index (χ4v) is 3.46. The summed E-state index contributed by atoms with van der Waals surface area (Å²) in [6.07, 6.45) is 0. The number of rotatable bonds is 6. The Labute approximate surface area is 154 Å². The van der Waals surface area contributed by atoms with E-state index in [1.54, 1.807) is 14.2 Å². The Bertz CT molecular complexity index is 700. The highest BCUT2D eigenvalue weighted by Gasteiger charge is 2.18. The molecule has 2 aromatic rings. The quantitative estimate of drug-likeness (QED) is 0.784. The Balaban J connectivity index is 1.56. The molecule has 0 unspecified atom stereocenters. The van der Waals surface area contributed by atoms with Crippen molar-refractivity contribution in [2.45, 2.75) is 13.1 Å². The molecule has 0 bridgehead atoms. The lowest BCUT2D eigenvalue weighted by Gasteiger charge is -2.35. The van der Waals surface area contributed by atoms with E-state index in [1.165, 1.54) is 11.1 Å². The van der Waals surface area contributed by atoms with Gasteiger partial charge in [0, 0.05) is 49.9 Å².